The first-order valence-corrected chi connectivity index (χ1v) is 3.36. The Hall–Kier alpha value is -1.63. The second-order valence-electron chi connectivity index (χ2n) is 2.47. The highest BCUT2D eigenvalue weighted by Crippen LogP contribution is 2.21. The summed E-state index contributed by atoms with van der Waals surface area (Å²) in [4.78, 5) is 20.3. The van der Waals surface area contributed by atoms with E-state index in [2.05, 4.69) is 5.10 Å². The number of halogens is 1. The summed E-state index contributed by atoms with van der Waals surface area (Å²) in [6.07, 6.45) is 0. The van der Waals surface area contributed by atoms with Gasteiger partial charge in [-0.3, -0.25) is 14.8 Å². The van der Waals surface area contributed by atoms with E-state index in [1.165, 1.54) is 14.0 Å². The molecule has 8 heteroatoms. The van der Waals surface area contributed by atoms with Crippen molar-refractivity contribution in [3.63, 3.8) is 0 Å². The minimum atomic E-state index is -1.35. The third kappa shape index (κ3) is 1.82. The Morgan fingerprint density at radius 3 is 2.43 bits per heavy atom. The molecule has 7 nitrogen and oxygen atoms in total. The van der Waals surface area contributed by atoms with Gasteiger partial charge >= 0.3 is 11.7 Å². The number of aromatic nitrogens is 2. The second kappa shape index (κ2) is 4.05. The van der Waals surface area contributed by atoms with Crippen molar-refractivity contribution in [1.29, 1.82) is 0 Å². The molecule has 0 aliphatic rings. The number of aromatic carboxylic acids is 1. The van der Waals surface area contributed by atoms with E-state index in [0.29, 0.717) is 0 Å². The van der Waals surface area contributed by atoms with Gasteiger partial charge in [0.1, 0.15) is 5.69 Å². The van der Waals surface area contributed by atoms with E-state index in [0.717, 1.165) is 4.68 Å². The molecule has 0 amide bonds. The number of aryl methyl sites for hydroxylation is 2. The van der Waals surface area contributed by atoms with Gasteiger partial charge < -0.3 is 5.11 Å². The predicted octanol–water partition coefficient (Wildman–Crippen LogP) is 0.757. The zero-order valence-electron chi connectivity index (χ0n) is 7.42. The van der Waals surface area contributed by atoms with Gasteiger partial charge in [0.2, 0.25) is 5.69 Å². The lowest BCUT2D eigenvalue weighted by molar-refractivity contribution is -0.385. The van der Waals surface area contributed by atoms with Gasteiger partial charge in [-0.1, -0.05) is 0 Å². The van der Waals surface area contributed by atoms with Gasteiger partial charge in [-0.2, -0.15) is 5.10 Å². The van der Waals surface area contributed by atoms with Crippen molar-refractivity contribution >= 4 is 24.1 Å². The van der Waals surface area contributed by atoms with Crippen molar-refractivity contribution in [2.24, 2.45) is 7.05 Å². The molecule has 78 valence electrons. The van der Waals surface area contributed by atoms with Crippen LogP contribution >= 0.6 is 12.4 Å². The highest BCUT2D eigenvalue weighted by molar-refractivity contribution is 5.90. The van der Waals surface area contributed by atoms with E-state index in [-0.39, 0.29) is 18.1 Å². The maximum absolute atomic E-state index is 10.6. The van der Waals surface area contributed by atoms with Crippen LogP contribution in [-0.4, -0.2) is 25.8 Å². The lowest BCUT2D eigenvalue weighted by Crippen LogP contribution is -2.07. The van der Waals surface area contributed by atoms with Gasteiger partial charge in [0.15, 0.2) is 0 Å². The van der Waals surface area contributed by atoms with Gasteiger partial charge in [0, 0.05) is 7.05 Å². The van der Waals surface area contributed by atoms with Crippen LogP contribution in [0.4, 0.5) is 5.69 Å². The first kappa shape index (κ1) is 12.4. The normalized spacial score (nSPS) is 9.29. The van der Waals surface area contributed by atoms with Crippen molar-refractivity contribution in [2.45, 2.75) is 6.92 Å². The third-order valence-electron chi connectivity index (χ3n) is 1.58. The fourth-order valence-corrected chi connectivity index (χ4v) is 1.11. The van der Waals surface area contributed by atoms with Crippen molar-refractivity contribution in [3.8, 4) is 0 Å². The van der Waals surface area contributed by atoms with E-state index < -0.39 is 22.3 Å². The first-order chi connectivity index (χ1) is 5.95. The van der Waals surface area contributed by atoms with Crippen LogP contribution < -0.4 is 0 Å². The molecule has 1 aromatic heterocycles. The standard InChI is InChI=1S/C6H7N3O4.ClH/c1-3-4(9(12)13)5(6(10)11)8(2)7-3;/h1-2H3,(H,10,11);1H. The van der Waals surface area contributed by atoms with Crippen LogP contribution in [0, 0.1) is 17.0 Å². The predicted molar refractivity (Wildman–Crippen MR) is 48.8 cm³/mol. The van der Waals surface area contributed by atoms with Gasteiger partial charge in [0.05, 0.1) is 4.92 Å². The number of hydrogen-bond donors (Lipinski definition) is 1. The van der Waals surface area contributed by atoms with E-state index in [4.69, 9.17) is 5.11 Å². The molecule has 0 aromatic carbocycles. The maximum atomic E-state index is 10.6. The molecule has 0 aliphatic heterocycles. The molecule has 0 bridgehead atoms. The fourth-order valence-electron chi connectivity index (χ4n) is 1.11. The molecule has 0 aliphatic carbocycles. The van der Waals surface area contributed by atoms with Crippen LogP contribution in [0.25, 0.3) is 0 Å². The molecule has 0 spiro atoms. The van der Waals surface area contributed by atoms with Crippen LogP contribution in [0.3, 0.4) is 0 Å². The Morgan fingerprint density at radius 2 is 2.14 bits per heavy atom. The van der Waals surface area contributed by atoms with Crippen molar-refractivity contribution in [2.75, 3.05) is 0 Å². The van der Waals surface area contributed by atoms with Gasteiger partial charge in [-0.25, -0.2) is 4.79 Å². The summed E-state index contributed by atoms with van der Waals surface area (Å²) >= 11 is 0. The van der Waals surface area contributed by atoms with Gasteiger partial charge in [-0.05, 0) is 6.92 Å². The number of carbonyl (C=O) groups is 1. The average Bonchev–Trinajstić information content (AvgIpc) is 2.24. The topological polar surface area (TPSA) is 98.3 Å². The summed E-state index contributed by atoms with van der Waals surface area (Å²) in [5.41, 5.74) is -0.748. The van der Waals surface area contributed by atoms with Crippen molar-refractivity contribution in [3.05, 3.63) is 21.5 Å². The van der Waals surface area contributed by atoms with E-state index in [9.17, 15) is 14.9 Å². The Kier molecular flexibility index (Phi) is 3.58. The van der Waals surface area contributed by atoms with Crippen molar-refractivity contribution < 1.29 is 14.8 Å². The monoisotopic (exact) mass is 221 g/mol. The second-order valence-corrected chi connectivity index (χ2v) is 2.47. The van der Waals surface area contributed by atoms with Crippen LogP contribution in [0.15, 0.2) is 0 Å². The molecule has 0 fully saturated rings. The molecule has 0 atom stereocenters. The first-order valence-electron chi connectivity index (χ1n) is 3.36. The zero-order valence-corrected chi connectivity index (χ0v) is 8.24. The number of carboxylic acids is 1. The van der Waals surface area contributed by atoms with Crippen LogP contribution in [-0.2, 0) is 7.05 Å². The third-order valence-corrected chi connectivity index (χ3v) is 1.58. The quantitative estimate of drug-likeness (QED) is 0.587. The van der Waals surface area contributed by atoms with Crippen molar-refractivity contribution in [1.82, 2.24) is 9.78 Å². The van der Waals surface area contributed by atoms with E-state index in [1.54, 1.807) is 0 Å². The molecule has 1 aromatic rings. The maximum Gasteiger partial charge on any atom is 0.361 e. The molecule has 0 saturated heterocycles. The molecule has 1 N–H and O–H groups in total. The molecule has 0 saturated carbocycles. The number of nitro groups is 1. The minimum Gasteiger partial charge on any atom is -0.476 e. The molecule has 1 rings (SSSR count). The Labute approximate surface area is 84.9 Å². The van der Waals surface area contributed by atoms with Gasteiger partial charge in [0.25, 0.3) is 0 Å². The fraction of sp³-hybridized carbons (Fsp3) is 0.333. The molecule has 0 radical (unpaired) electrons. The largest absolute Gasteiger partial charge is 0.476 e. The molecular weight excluding hydrogens is 214 g/mol. The molecular formula is C6H8ClN3O4. The van der Waals surface area contributed by atoms with Crippen LogP contribution in [0.5, 0.6) is 0 Å². The highest BCUT2D eigenvalue weighted by atomic mass is 35.5. The number of rotatable bonds is 2. The summed E-state index contributed by atoms with van der Waals surface area (Å²) < 4.78 is 0.982. The lowest BCUT2D eigenvalue weighted by Gasteiger charge is -1.92. The molecule has 1 heterocycles. The highest BCUT2D eigenvalue weighted by Gasteiger charge is 2.28. The number of hydrogen-bond acceptors (Lipinski definition) is 4. The minimum absolute atomic E-state index is 0. The zero-order chi connectivity index (χ0) is 10.2. The Bertz CT molecular complexity index is 352. The van der Waals surface area contributed by atoms with E-state index >= 15 is 0 Å². The number of carboxylic acid groups (broad SMARTS) is 1. The van der Waals surface area contributed by atoms with Crippen LogP contribution in [0.1, 0.15) is 16.2 Å². The molecule has 0 unspecified atom stereocenters. The smallest absolute Gasteiger partial charge is 0.361 e. The molecule has 14 heavy (non-hydrogen) atoms. The summed E-state index contributed by atoms with van der Waals surface area (Å²) in [6.45, 7) is 1.39. The van der Waals surface area contributed by atoms with Crippen LogP contribution in [0.2, 0.25) is 0 Å². The Balaban J connectivity index is 0.00000169. The average molecular weight is 222 g/mol. The summed E-state index contributed by atoms with van der Waals surface area (Å²) in [5.74, 6) is -1.35. The Morgan fingerprint density at radius 1 is 1.64 bits per heavy atom. The summed E-state index contributed by atoms with van der Waals surface area (Å²) in [5, 5.41) is 22.7. The van der Waals surface area contributed by atoms with E-state index in [1.807, 2.05) is 0 Å². The summed E-state index contributed by atoms with van der Waals surface area (Å²) in [6, 6.07) is 0. The SMILES string of the molecule is Cc1nn(C)c(C(=O)O)c1[N+](=O)[O-].Cl. The summed E-state index contributed by atoms with van der Waals surface area (Å²) in [7, 11) is 1.35. The lowest BCUT2D eigenvalue weighted by atomic mass is 10.3. The van der Waals surface area contributed by atoms with Gasteiger partial charge in [-0.15, -0.1) is 12.4 Å². The number of nitrogens with zero attached hydrogens (tertiary/aromatic N) is 3.